The summed E-state index contributed by atoms with van der Waals surface area (Å²) in [5.41, 5.74) is -0.828. The highest BCUT2D eigenvalue weighted by Gasteiger charge is 2.27. The first kappa shape index (κ1) is 17.8. The maximum Gasteiger partial charge on any atom is 0.325 e. The van der Waals surface area contributed by atoms with Gasteiger partial charge in [-0.1, -0.05) is 0 Å². The van der Waals surface area contributed by atoms with Crippen LogP contribution in [0.15, 0.2) is 4.40 Å². The summed E-state index contributed by atoms with van der Waals surface area (Å²) in [6, 6.07) is 0. The third-order valence-electron chi connectivity index (χ3n) is 2.28. The molecule has 0 atom stereocenters. The van der Waals surface area contributed by atoms with Crippen molar-refractivity contribution >= 4 is 22.3 Å². The summed E-state index contributed by atoms with van der Waals surface area (Å²) in [4.78, 5) is 12.9. The molecule has 0 heterocycles. The summed E-state index contributed by atoms with van der Waals surface area (Å²) in [6.07, 6.45) is 1.62. The fourth-order valence-electron chi connectivity index (χ4n) is 1.20. The number of hydrogen-bond donors (Lipinski definition) is 1. The highest BCUT2D eigenvalue weighted by molar-refractivity contribution is 7.90. The van der Waals surface area contributed by atoms with Crippen LogP contribution in [0, 0.1) is 0 Å². The largest absolute Gasteiger partial charge is 0.468 e. The molecule has 0 aromatic carbocycles. The molecule has 0 rings (SSSR count). The third kappa shape index (κ3) is 7.78. The van der Waals surface area contributed by atoms with Gasteiger partial charge in [-0.05, 0) is 26.8 Å². The topological polar surface area (TPSA) is 88.1 Å². The number of nitrogens with zero attached hydrogens (tertiary/aromatic N) is 2. The van der Waals surface area contributed by atoms with E-state index < -0.39 is 15.6 Å². The second-order valence-corrected chi connectivity index (χ2v) is 6.65. The fraction of sp³-hybridized carbons (Fsp3) is 0.818. The van der Waals surface area contributed by atoms with Crippen LogP contribution in [-0.2, 0) is 19.6 Å². The van der Waals surface area contributed by atoms with E-state index in [4.69, 9.17) is 0 Å². The standard InChI is InChI=1S/C11H23N3O4S/c1-11(2,10(15)18-5)12-7-6-8-19(16,17)13-9-14(3)4/h9,12H,6-8H2,1-5H3. The van der Waals surface area contributed by atoms with E-state index in [0.29, 0.717) is 13.0 Å². The van der Waals surface area contributed by atoms with Crippen LogP contribution in [0.2, 0.25) is 0 Å². The number of ether oxygens (including phenoxy) is 1. The Morgan fingerprint density at radius 2 is 2.00 bits per heavy atom. The summed E-state index contributed by atoms with van der Waals surface area (Å²) >= 11 is 0. The summed E-state index contributed by atoms with van der Waals surface area (Å²) in [5.74, 6) is -0.456. The lowest BCUT2D eigenvalue weighted by Crippen LogP contribution is -2.48. The zero-order valence-corrected chi connectivity index (χ0v) is 13.0. The molecule has 0 amide bonds. The minimum Gasteiger partial charge on any atom is -0.468 e. The summed E-state index contributed by atoms with van der Waals surface area (Å²) in [7, 11) is 1.25. The molecule has 0 fully saturated rings. The Balaban J connectivity index is 4.15. The molecule has 0 aromatic rings. The third-order valence-corrected chi connectivity index (χ3v) is 3.50. The van der Waals surface area contributed by atoms with E-state index in [0.717, 1.165) is 0 Å². The normalized spacial score (nSPS) is 12.7. The lowest BCUT2D eigenvalue weighted by atomic mass is 10.1. The van der Waals surface area contributed by atoms with Crippen molar-refractivity contribution in [2.45, 2.75) is 25.8 Å². The van der Waals surface area contributed by atoms with Gasteiger partial charge in [0.2, 0.25) is 0 Å². The molecule has 7 nitrogen and oxygen atoms in total. The lowest BCUT2D eigenvalue weighted by molar-refractivity contribution is -0.147. The maximum atomic E-state index is 11.5. The molecular weight excluding hydrogens is 270 g/mol. The molecule has 0 bridgehead atoms. The van der Waals surface area contributed by atoms with Gasteiger partial charge in [0.1, 0.15) is 11.9 Å². The molecule has 0 aromatic heterocycles. The predicted octanol–water partition coefficient (Wildman–Crippen LogP) is -0.163. The number of methoxy groups -OCH3 is 1. The summed E-state index contributed by atoms with van der Waals surface area (Å²) in [5, 5.41) is 2.95. The molecular formula is C11H23N3O4S. The highest BCUT2D eigenvalue weighted by atomic mass is 32.2. The fourth-order valence-corrected chi connectivity index (χ4v) is 2.15. The predicted molar refractivity (Wildman–Crippen MR) is 74.7 cm³/mol. The molecule has 112 valence electrons. The van der Waals surface area contributed by atoms with Gasteiger partial charge < -0.3 is 15.0 Å². The molecule has 0 aliphatic carbocycles. The van der Waals surface area contributed by atoms with Crippen LogP contribution in [-0.4, -0.2) is 64.7 Å². The van der Waals surface area contributed by atoms with Crippen molar-refractivity contribution in [3.63, 3.8) is 0 Å². The molecule has 0 spiro atoms. The van der Waals surface area contributed by atoms with Gasteiger partial charge >= 0.3 is 5.97 Å². The van der Waals surface area contributed by atoms with Gasteiger partial charge in [-0.3, -0.25) is 4.79 Å². The Hall–Kier alpha value is -1.15. The number of hydrogen-bond acceptors (Lipinski definition) is 5. The van der Waals surface area contributed by atoms with E-state index in [1.54, 1.807) is 32.8 Å². The second-order valence-electron chi connectivity index (χ2n) is 4.87. The van der Waals surface area contributed by atoms with Crippen molar-refractivity contribution in [2.24, 2.45) is 4.40 Å². The van der Waals surface area contributed by atoms with E-state index >= 15 is 0 Å². The molecule has 0 aliphatic rings. The van der Waals surface area contributed by atoms with Gasteiger partial charge in [0.15, 0.2) is 0 Å². The number of carbonyl (C=O) groups is 1. The number of rotatable bonds is 8. The molecule has 0 saturated heterocycles. The van der Waals surface area contributed by atoms with Gasteiger partial charge in [-0.25, -0.2) is 8.42 Å². The van der Waals surface area contributed by atoms with E-state index in [1.165, 1.54) is 13.4 Å². The zero-order valence-electron chi connectivity index (χ0n) is 12.1. The monoisotopic (exact) mass is 293 g/mol. The first-order valence-corrected chi connectivity index (χ1v) is 7.49. The summed E-state index contributed by atoms with van der Waals surface area (Å²) in [6.45, 7) is 3.74. The zero-order chi connectivity index (χ0) is 15.1. The van der Waals surface area contributed by atoms with Crippen molar-refractivity contribution in [3.05, 3.63) is 0 Å². The Morgan fingerprint density at radius 1 is 1.42 bits per heavy atom. The van der Waals surface area contributed by atoms with Crippen LogP contribution < -0.4 is 5.32 Å². The van der Waals surface area contributed by atoms with E-state index in [2.05, 4.69) is 14.5 Å². The van der Waals surface area contributed by atoms with Crippen LogP contribution in [0.25, 0.3) is 0 Å². The van der Waals surface area contributed by atoms with Crippen LogP contribution in [0.5, 0.6) is 0 Å². The smallest absolute Gasteiger partial charge is 0.325 e. The van der Waals surface area contributed by atoms with Gasteiger partial charge in [-0.2, -0.15) is 4.40 Å². The Labute approximate surface area is 115 Å². The van der Waals surface area contributed by atoms with Crippen LogP contribution >= 0.6 is 0 Å². The maximum absolute atomic E-state index is 11.5. The molecule has 0 unspecified atom stereocenters. The van der Waals surface area contributed by atoms with Gasteiger partial charge in [0, 0.05) is 14.1 Å². The number of esters is 1. The van der Waals surface area contributed by atoms with Crippen molar-refractivity contribution in [2.75, 3.05) is 33.5 Å². The van der Waals surface area contributed by atoms with Gasteiger partial charge in [0.25, 0.3) is 10.0 Å². The first-order valence-electron chi connectivity index (χ1n) is 5.89. The van der Waals surface area contributed by atoms with Gasteiger partial charge in [-0.15, -0.1) is 0 Å². The molecule has 0 radical (unpaired) electrons. The average molecular weight is 293 g/mol. The molecule has 1 N–H and O–H groups in total. The highest BCUT2D eigenvalue weighted by Crippen LogP contribution is 2.04. The Morgan fingerprint density at radius 3 is 2.47 bits per heavy atom. The second kappa shape index (κ2) is 7.44. The molecule has 0 saturated carbocycles. The van der Waals surface area contributed by atoms with Crippen molar-refractivity contribution in [3.8, 4) is 0 Å². The Bertz CT molecular complexity index is 416. The van der Waals surface area contributed by atoms with Crippen LogP contribution in [0.4, 0.5) is 0 Å². The quantitative estimate of drug-likeness (QED) is 0.289. The van der Waals surface area contributed by atoms with Crippen molar-refractivity contribution in [1.29, 1.82) is 0 Å². The summed E-state index contributed by atoms with van der Waals surface area (Å²) < 4.78 is 31.1. The first-order chi connectivity index (χ1) is 8.60. The van der Waals surface area contributed by atoms with E-state index in [1.807, 2.05) is 0 Å². The minimum absolute atomic E-state index is 0.0679. The van der Waals surface area contributed by atoms with Crippen molar-refractivity contribution < 1.29 is 17.9 Å². The Kier molecular flexibility index (Phi) is 6.99. The van der Waals surface area contributed by atoms with Crippen LogP contribution in [0.3, 0.4) is 0 Å². The average Bonchev–Trinajstić information content (AvgIpc) is 2.31. The van der Waals surface area contributed by atoms with Gasteiger partial charge in [0.05, 0.1) is 12.9 Å². The molecule has 0 aliphatic heterocycles. The van der Waals surface area contributed by atoms with Crippen molar-refractivity contribution in [1.82, 2.24) is 10.2 Å². The SMILES string of the molecule is COC(=O)C(C)(C)NCCCS(=O)(=O)N=CN(C)C. The number of nitrogens with one attached hydrogen (secondary N) is 1. The number of carbonyl (C=O) groups excluding carboxylic acids is 1. The van der Waals surface area contributed by atoms with E-state index in [-0.39, 0.29) is 11.7 Å². The minimum atomic E-state index is -3.45. The molecule has 8 heteroatoms. The lowest BCUT2D eigenvalue weighted by Gasteiger charge is -2.22. The van der Waals surface area contributed by atoms with Crippen LogP contribution in [0.1, 0.15) is 20.3 Å². The molecule has 19 heavy (non-hydrogen) atoms. The number of sulfonamides is 1. The van der Waals surface area contributed by atoms with E-state index in [9.17, 15) is 13.2 Å².